The topological polar surface area (TPSA) is 50.2 Å². The molecule has 0 bridgehead atoms. The lowest BCUT2D eigenvalue weighted by atomic mass is 9.97. The van der Waals surface area contributed by atoms with E-state index in [2.05, 4.69) is 10.4 Å². The van der Waals surface area contributed by atoms with Crippen LogP contribution < -0.4 is 5.32 Å². The first-order valence-electron chi connectivity index (χ1n) is 8.75. The zero-order valence-corrected chi connectivity index (χ0v) is 15.7. The van der Waals surface area contributed by atoms with Crippen molar-refractivity contribution < 1.29 is 9.18 Å². The van der Waals surface area contributed by atoms with E-state index >= 15 is 0 Å². The van der Waals surface area contributed by atoms with Gasteiger partial charge in [-0.2, -0.15) is 5.10 Å². The number of benzene rings is 2. The molecule has 0 saturated heterocycles. The molecule has 0 aliphatic carbocycles. The molecule has 5 nitrogen and oxygen atoms in total. The average molecular weight is 366 g/mol. The van der Waals surface area contributed by atoms with Gasteiger partial charge in [-0.1, -0.05) is 42.5 Å². The molecule has 0 radical (unpaired) electrons. The van der Waals surface area contributed by atoms with E-state index in [1.54, 1.807) is 23.9 Å². The number of amides is 1. The molecule has 0 aliphatic heterocycles. The highest BCUT2D eigenvalue weighted by molar-refractivity contribution is 5.91. The Balaban J connectivity index is 1.80. The molecular formula is C21H23FN4O. The second kappa shape index (κ2) is 8.14. The van der Waals surface area contributed by atoms with Crippen LogP contribution in [0.1, 0.15) is 22.9 Å². The molecule has 0 saturated carbocycles. The number of nitrogens with one attached hydrogen (secondary N) is 1. The fourth-order valence-electron chi connectivity index (χ4n) is 3.21. The van der Waals surface area contributed by atoms with E-state index in [1.165, 1.54) is 12.1 Å². The van der Waals surface area contributed by atoms with Crippen molar-refractivity contribution in [3.8, 4) is 0 Å². The molecule has 27 heavy (non-hydrogen) atoms. The first-order chi connectivity index (χ1) is 12.9. The van der Waals surface area contributed by atoms with Crippen LogP contribution in [0.5, 0.6) is 0 Å². The van der Waals surface area contributed by atoms with Gasteiger partial charge in [-0.25, -0.2) is 4.39 Å². The van der Waals surface area contributed by atoms with Gasteiger partial charge in [0.2, 0.25) is 5.91 Å². The Kier molecular flexibility index (Phi) is 5.66. The first-order valence-corrected chi connectivity index (χ1v) is 8.75. The summed E-state index contributed by atoms with van der Waals surface area (Å²) in [5.74, 6) is 0.241. The number of halogens is 1. The summed E-state index contributed by atoms with van der Waals surface area (Å²) in [6.07, 6.45) is 0. The number of rotatable bonds is 6. The van der Waals surface area contributed by atoms with E-state index in [1.807, 2.05) is 55.3 Å². The maximum Gasteiger partial charge on any atom is 0.239 e. The van der Waals surface area contributed by atoms with Crippen LogP contribution in [0.25, 0.3) is 0 Å². The molecule has 1 amide bonds. The molecule has 1 atom stereocenters. The van der Waals surface area contributed by atoms with E-state index in [0.717, 1.165) is 16.8 Å². The van der Waals surface area contributed by atoms with Gasteiger partial charge < -0.3 is 5.32 Å². The molecule has 3 rings (SSSR count). The van der Waals surface area contributed by atoms with Crippen LogP contribution in [0.4, 0.5) is 10.2 Å². The average Bonchev–Trinajstić information content (AvgIpc) is 2.94. The lowest BCUT2D eigenvalue weighted by Crippen LogP contribution is -2.34. The van der Waals surface area contributed by atoms with Crippen LogP contribution in [-0.2, 0) is 11.8 Å². The Morgan fingerprint density at radius 2 is 1.78 bits per heavy atom. The van der Waals surface area contributed by atoms with Crippen molar-refractivity contribution in [1.29, 1.82) is 0 Å². The number of carbonyl (C=O) groups excluding carboxylic acids is 1. The van der Waals surface area contributed by atoms with Crippen LogP contribution in [0.15, 0.2) is 60.7 Å². The lowest BCUT2D eigenvalue weighted by molar-refractivity contribution is -0.117. The van der Waals surface area contributed by atoms with Gasteiger partial charge in [0.05, 0.1) is 18.3 Å². The van der Waals surface area contributed by atoms with Gasteiger partial charge in [0.15, 0.2) is 0 Å². The van der Waals surface area contributed by atoms with Crippen LogP contribution in [0.2, 0.25) is 0 Å². The molecule has 1 N–H and O–H groups in total. The van der Waals surface area contributed by atoms with E-state index in [4.69, 9.17) is 0 Å². The number of likely N-dealkylation sites (N-methyl/N-ethyl adjacent to an activating group) is 1. The standard InChI is InChI=1S/C21H23FN4O/c1-15-13-19(26(3)24-15)23-20(27)14-25(2)21(16-7-5-4-6-8-16)17-9-11-18(22)12-10-17/h4-13,21H,14H2,1-3H3,(H,23,27). The van der Waals surface area contributed by atoms with Crippen molar-refractivity contribution in [3.63, 3.8) is 0 Å². The molecule has 0 aliphatic rings. The van der Waals surface area contributed by atoms with Gasteiger partial charge in [0.25, 0.3) is 0 Å². The molecule has 2 aromatic carbocycles. The summed E-state index contributed by atoms with van der Waals surface area (Å²) in [7, 11) is 3.67. The monoisotopic (exact) mass is 366 g/mol. The number of hydrogen-bond donors (Lipinski definition) is 1. The van der Waals surface area contributed by atoms with Crippen molar-refractivity contribution in [2.24, 2.45) is 7.05 Å². The molecule has 6 heteroatoms. The molecular weight excluding hydrogens is 343 g/mol. The Hall–Kier alpha value is -2.99. The zero-order chi connectivity index (χ0) is 19.4. The summed E-state index contributed by atoms with van der Waals surface area (Å²) in [6, 6.07) is 17.9. The van der Waals surface area contributed by atoms with Gasteiger partial charge in [-0.15, -0.1) is 0 Å². The van der Waals surface area contributed by atoms with Crippen LogP contribution in [-0.4, -0.2) is 34.2 Å². The van der Waals surface area contributed by atoms with Crippen molar-refractivity contribution in [1.82, 2.24) is 14.7 Å². The highest BCUT2D eigenvalue weighted by atomic mass is 19.1. The van der Waals surface area contributed by atoms with Crippen LogP contribution >= 0.6 is 0 Å². The van der Waals surface area contributed by atoms with E-state index in [9.17, 15) is 9.18 Å². The molecule has 1 unspecified atom stereocenters. The number of aromatic nitrogens is 2. The maximum atomic E-state index is 13.4. The Morgan fingerprint density at radius 1 is 1.15 bits per heavy atom. The highest BCUT2D eigenvalue weighted by Crippen LogP contribution is 2.27. The third kappa shape index (κ3) is 4.60. The summed E-state index contributed by atoms with van der Waals surface area (Å²) in [4.78, 5) is 14.5. The fraction of sp³-hybridized carbons (Fsp3) is 0.238. The normalized spacial score (nSPS) is 12.2. The van der Waals surface area contributed by atoms with E-state index < -0.39 is 0 Å². The first kappa shape index (κ1) is 18.8. The largest absolute Gasteiger partial charge is 0.310 e. The SMILES string of the molecule is Cc1cc(NC(=O)CN(C)C(c2ccccc2)c2ccc(F)cc2)n(C)n1. The minimum Gasteiger partial charge on any atom is -0.310 e. The predicted octanol–water partition coefficient (Wildman–Crippen LogP) is 3.53. The molecule has 1 heterocycles. The fourth-order valence-corrected chi connectivity index (χ4v) is 3.21. The summed E-state index contributed by atoms with van der Waals surface area (Å²) in [5, 5.41) is 7.12. The van der Waals surface area contributed by atoms with Gasteiger partial charge in [0.1, 0.15) is 11.6 Å². The quantitative estimate of drug-likeness (QED) is 0.726. The maximum absolute atomic E-state index is 13.4. The minimum absolute atomic E-state index is 0.136. The Bertz CT molecular complexity index is 906. The molecule has 0 spiro atoms. The second-order valence-electron chi connectivity index (χ2n) is 6.62. The highest BCUT2D eigenvalue weighted by Gasteiger charge is 2.21. The van der Waals surface area contributed by atoms with Crippen molar-refractivity contribution in [2.75, 3.05) is 18.9 Å². The van der Waals surface area contributed by atoms with Crippen molar-refractivity contribution in [3.05, 3.63) is 83.3 Å². The molecule has 0 fully saturated rings. The Morgan fingerprint density at radius 3 is 2.37 bits per heavy atom. The van der Waals surface area contributed by atoms with Crippen LogP contribution in [0, 0.1) is 12.7 Å². The number of nitrogens with zero attached hydrogens (tertiary/aromatic N) is 3. The number of carbonyl (C=O) groups is 1. The minimum atomic E-state index is -0.280. The molecule has 3 aromatic rings. The van der Waals surface area contributed by atoms with Gasteiger partial charge in [-0.3, -0.25) is 14.4 Å². The van der Waals surface area contributed by atoms with E-state index in [-0.39, 0.29) is 24.3 Å². The van der Waals surface area contributed by atoms with Crippen molar-refractivity contribution in [2.45, 2.75) is 13.0 Å². The summed E-state index contributed by atoms with van der Waals surface area (Å²) in [6.45, 7) is 2.06. The number of hydrogen-bond acceptors (Lipinski definition) is 3. The van der Waals surface area contributed by atoms with Crippen molar-refractivity contribution >= 4 is 11.7 Å². The van der Waals surface area contributed by atoms with Crippen LogP contribution in [0.3, 0.4) is 0 Å². The summed E-state index contributed by atoms with van der Waals surface area (Å²) >= 11 is 0. The third-order valence-corrected chi connectivity index (χ3v) is 4.40. The lowest BCUT2D eigenvalue weighted by Gasteiger charge is -2.28. The number of anilines is 1. The van der Waals surface area contributed by atoms with Gasteiger partial charge in [-0.05, 0) is 37.2 Å². The zero-order valence-electron chi connectivity index (χ0n) is 15.7. The Labute approximate surface area is 158 Å². The third-order valence-electron chi connectivity index (χ3n) is 4.40. The van der Waals surface area contributed by atoms with Gasteiger partial charge in [0, 0.05) is 13.1 Å². The predicted molar refractivity (Wildman–Crippen MR) is 104 cm³/mol. The second-order valence-corrected chi connectivity index (χ2v) is 6.62. The summed E-state index contributed by atoms with van der Waals surface area (Å²) in [5.41, 5.74) is 2.81. The smallest absolute Gasteiger partial charge is 0.239 e. The van der Waals surface area contributed by atoms with Gasteiger partial charge >= 0.3 is 0 Å². The molecule has 1 aromatic heterocycles. The van der Waals surface area contributed by atoms with E-state index in [0.29, 0.717) is 5.82 Å². The number of aryl methyl sites for hydroxylation is 2. The summed E-state index contributed by atoms with van der Waals surface area (Å²) < 4.78 is 15.0. The molecule has 140 valence electrons.